The first-order valence-electron chi connectivity index (χ1n) is 5.95. The Morgan fingerprint density at radius 1 is 1.50 bits per heavy atom. The molecule has 1 rings (SSSR count). The van der Waals surface area contributed by atoms with Gasteiger partial charge < -0.3 is 4.90 Å². The molecule has 0 spiro atoms. The average Bonchev–Trinajstić information content (AvgIpc) is 2.43. The second-order valence-corrected chi connectivity index (χ2v) is 4.86. The molecule has 0 radical (unpaired) electrons. The van der Waals surface area contributed by atoms with E-state index in [9.17, 15) is 9.59 Å². The van der Waals surface area contributed by atoms with Gasteiger partial charge in [-0.15, -0.1) is 0 Å². The van der Waals surface area contributed by atoms with Crippen LogP contribution in [0.3, 0.4) is 0 Å². The minimum Gasteiger partial charge on any atom is -0.309 e. The lowest BCUT2D eigenvalue weighted by atomic mass is 10.0. The summed E-state index contributed by atoms with van der Waals surface area (Å²) >= 11 is 0. The number of carbonyl (C=O) groups excluding carboxylic acids is 2. The molecule has 1 saturated heterocycles. The molecule has 16 heavy (non-hydrogen) atoms. The van der Waals surface area contributed by atoms with Crippen molar-refractivity contribution in [3.05, 3.63) is 0 Å². The summed E-state index contributed by atoms with van der Waals surface area (Å²) < 4.78 is 0. The van der Waals surface area contributed by atoms with Gasteiger partial charge in [0.05, 0.1) is 5.92 Å². The molecule has 0 aromatic heterocycles. The number of carbonyl (C=O) groups is 2. The van der Waals surface area contributed by atoms with Crippen LogP contribution in [0.1, 0.15) is 33.1 Å². The predicted octanol–water partition coefficient (Wildman–Crippen LogP) is 1.11. The quantitative estimate of drug-likeness (QED) is 0.721. The normalized spacial score (nSPS) is 25.6. The second-order valence-electron chi connectivity index (χ2n) is 4.86. The number of hydrogen-bond acceptors (Lipinski definition) is 3. The minimum absolute atomic E-state index is 0.00421. The SMILES string of the molecule is CCCC1CC(CN(C)C)C(=O)N1C(C)=O. The molecular weight excluding hydrogens is 204 g/mol. The Kier molecular flexibility index (Phi) is 4.47. The van der Waals surface area contributed by atoms with Gasteiger partial charge in [0, 0.05) is 19.5 Å². The Morgan fingerprint density at radius 3 is 2.56 bits per heavy atom. The summed E-state index contributed by atoms with van der Waals surface area (Å²) in [5, 5.41) is 0. The van der Waals surface area contributed by atoms with Crippen LogP contribution in [-0.4, -0.2) is 48.3 Å². The van der Waals surface area contributed by atoms with Gasteiger partial charge in [0.25, 0.3) is 0 Å². The Morgan fingerprint density at radius 2 is 2.12 bits per heavy atom. The van der Waals surface area contributed by atoms with Gasteiger partial charge in [-0.1, -0.05) is 13.3 Å². The number of amides is 2. The van der Waals surface area contributed by atoms with Crippen LogP contribution in [0, 0.1) is 5.92 Å². The van der Waals surface area contributed by atoms with E-state index < -0.39 is 0 Å². The van der Waals surface area contributed by atoms with Crippen molar-refractivity contribution in [3.63, 3.8) is 0 Å². The first kappa shape index (κ1) is 13.2. The molecule has 0 aromatic rings. The average molecular weight is 226 g/mol. The van der Waals surface area contributed by atoms with Crippen molar-refractivity contribution < 1.29 is 9.59 Å². The lowest BCUT2D eigenvalue weighted by Crippen LogP contribution is -2.38. The van der Waals surface area contributed by atoms with E-state index in [1.165, 1.54) is 11.8 Å². The molecule has 0 bridgehead atoms. The van der Waals surface area contributed by atoms with Gasteiger partial charge in [0.15, 0.2) is 0 Å². The summed E-state index contributed by atoms with van der Waals surface area (Å²) in [5.41, 5.74) is 0. The molecule has 4 heteroatoms. The molecule has 2 amide bonds. The third-order valence-electron chi connectivity index (χ3n) is 3.06. The van der Waals surface area contributed by atoms with E-state index >= 15 is 0 Å². The molecule has 1 heterocycles. The number of imide groups is 1. The second kappa shape index (κ2) is 5.43. The largest absolute Gasteiger partial charge is 0.309 e. The zero-order valence-corrected chi connectivity index (χ0v) is 10.7. The van der Waals surface area contributed by atoms with E-state index in [4.69, 9.17) is 0 Å². The Labute approximate surface area is 97.6 Å². The summed E-state index contributed by atoms with van der Waals surface area (Å²) in [6.45, 7) is 4.31. The molecule has 1 aliphatic heterocycles. The van der Waals surface area contributed by atoms with Crippen LogP contribution in [0.4, 0.5) is 0 Å². The van der Waals surface area contributed by atoms with Crippen molar-refractivity contribution in [3.8, 4) is 0 Å². The van der Waals surface area contributed by atoms with E-state index in [0.717, 1.165) is 25.8 Å². The highest BCUT2D eigenvalue weighted by molar-refractivity contribution is 5.97. The first-order valence-corrected chi connectivity index (χ1v) is 5.95. The van der Waals surface area contributed by atoms with Gasteiger partial charge in [0.2, 0.25) is 11.8 Å². The van der Waals surface area contributed by atoms with Crippen molar-refractivity contribution in [2.45, 2.75) is 39.2 Å². The van der Waals surface area contributed by atoms with E-state index in [0.29, 0.717) is 0 Å². The predicted molar refractivity (Wildman–Crippen MR) is 62.9 cm³/mol. The Balaban J connectivity index is 2.74. The molecule has 0 saturated carbocycles. The lowest BCUT2D eigenvalue weighted by molar-refractivity contribution is -0.144. The number of hydrogen-bond donors (Lipinski definition) is 0. The molecule has 2 unspecified atom stereocenters. The highest BCUT2D eigenvalue weighted by Crippen LogP contribution is 2.28. The van der Waals surface area contributed by atoms with Gasteiger partial charge in [0.1, 0.15) is 0 Å². The Hall–Kier alpha value is -0.900. The zero-order valence-electron chi connectivity index (χ0n) is 10.7. The van der Waals surface area contributed by atoms with E-state index in [1.54, 1.807) is 0 Å². The van der Waals surface area contributed by atoms with Crippen molar-refractivity contribution >= 4 is 11.8 Å². The standard InChI is InChI=1S/C12H22N2O2/c1-5-6-11-7-10(8-13(3)4)12(16)14(11)9(2)15/h10-11H,5-8H2,1-4H3. The maximum atomic E-state index is 12.0. The molecule has 0 N–H and O–H groups in total. The fraction of sp³-hybridized carbons (Fsp3) is 0.833. The first-order chi connectivity index (χ1) is 7.47. The summed E-state index contributed by atoms with van der Waals surface area (Å²) in [4.78, 5) is 27.0. The maximum absolute atomic E-state index is 12.0. The van der Waals surface area contributed by atoms with Gasteiger partial charge in [-0.05, 0) is 26.9 Å². The molecule has 1 aliphatic rings. The molecular formula is C12H22N2O2. The maximum Gasteiger partial charge on any atom is 0.233 e. The number of likely N-dealkylation sites (tertiary alicyclic amines) is 1. The summed E-state index contributed by atoms with van der Waals surface area (Å²) in [7, 11) is 3.91. The zero-order chi connectivity index (χ0) is 12.3. The third kappa shape index (κ3) is 2.82. The molecule has 4 nitrogen and oxygen atoms in total. The highest BCUT2D eigenvalue weighted by atomic mass is 16.2. The van der Waals surface area contributed by atoms with Crippen LogP contribution in [0.5, 0.6) is 0 Å². The van der Waals surface area contributed by atoms with Crippen LogP contribution in [0.2, 0.25) is 0 Å². The number of rotatable bonds is 4. The van der Waals surface area contributed by atoms with Crippen LogP contribution in [0.15, 0.2) is 0 Å². The topological polar surface area (TPSA) is 40.6 Å². The van der Waals surface area contributed by atoms with Crippen LogP contribution < -0.4 is 0 Å². The summed E-state index contributed by atoms with van der Waals surface area (Å²) in [6.07, 6.45) is 2.76. The lowest BCUT2D eigenvalue weighted by Gasteiger charge is -2.20. The monoisotopic (exact) mass is 226 g/mol. The van der Waals surface area contributed by atoms with E-state index in [-0.39, 0.29) is 23.8 Å². The van der Waals surface area contributed by atoms with Gasteiger partial charge in [-0.2, -0.15) is 0 Å². The smallest absolute Gasteiger partial charge is 0.233 e. The van der Waals surface area contributed by atoms with Gasteiger partial charge in [-0.25, -0.2) is 0 Å². The molecule has 92 valence electrons. The van der Waals surface area contributed by atoms with Crippen molar-refractivity contribution in [1.82, 2.24) is 9.80 Å². The van der Waals surface area contributed by atoms with E-state index in [1.807, 2.05) is 19.0 Å². The third-order valence-corrected chi connectivity index (χ3v) is 3.06. The molecule has 0 aliphatic carbocycles. The van der Waals surface area contributed by atoms with Gasteiger partial charge >= 0.3 is 0 Å². The van der Waals surface area contributed by atoms with Crippen molar-refractivity contribution in [1.29, 1.82) is 0 Å². The van der Waals surface area contributed by atoms with Gasteiger partial charge in [-0.3, -0.25) is 14.5 Å². The molecule has 2 atom stereocenters. The number of nitrogens with zero attached hydrogens (tertiary/aromatic N) is 2. The van der Waals surface area contributed by atoms with E-state index in [2.05, 4.69) is 6.92 Å². The minimum atomic E-state index is -0.107. The molecule has 0 aromatic carbocycles. The summed E-state index contributed by atoms with van der Waals surface area (Å²) in [5.74, 6) is -0.0974. The van der Waals surface area contributed by atoms with Crippen LogP contribution in [0.25, 0.3) is 0 Å². The fourth-order valence-corrected chi connectivity index (χ4v) is 2.50. The van der Waals surface area contributed by atoms with Crippen LogP contribution in [-0.2, 0) is 9.59 Å². The fourth-order valence-electron chi connectivity index (χ4n) is 2.50. The van der Waals surface area contributed by atoms with Crippen LogP contribution >= 0.6 is 0 Å². The molecule has 1 fully saturated rings. The summed E-state index contributed by atoms with van der Waals surface area (Å²) in [6, 6.07) is 0.125. The Bertz CT molecular complexity index is 276. The van der Waals surface area contributed by atoms with Crippen molar-refractivity contribution in [2.75, 3.05) is 20.6 Å². The van der Waals surface area contributed by atoms with Crippen molar-refractivity contribution in [2.24, 2.45) is 5.92 Å². The highest BCUT2D eigenvalue weighted by Gasteiger charge is 2.40.